The van der Waals surface area contributed by atoms with Gasteiger partial charge in [-0.3, -0.25) is 14.4 Å². The highest BCUT2D eigenvalue weighted by Crippen LogP contribution is 2.29. The Morgan fingerprint density at radius 2 is 1.36 bits per heavy atom. The summed E-state index contributed by atoms with van der Waals surface area (Å²) in [6, 6.07) is 38.7. The van der Waals surface area contributed by atoms with Crippen LogP contribution in [0, 0.1) is 0 Å². The molecular weight excluding hydrogens is 611 g/mol. The zero-order chi connectivity index (χ0) is 33.0. The van der Waals surface area contributed by atoms with E-state index in [0.29, 0.717) is 28.4 Å². The van der Waals surface area contributed by atoms with Crippen molar-refractivity contribution in [3.8, 4) is 22.6 Å². The highest BCUT2D eigenvalue weighted by molar-refractivity contribution is 8.00. The molecule has 0 aromatic heterocycles. The summed E-state index contributed by atoms with van der Waals surface area (Å²) in [4.78, 5) is 40.0. The van der Waals surface area contributed by atoms with Gasteiger partial charge in [-0.25, -0.2) is 0 Å². The van der Waals surface area contributed by atoms with Crippen molar-refractivity contribution in [2.24, 2.45) is 0 Å². The summed E-state index contributed by atoms with van der Waals surface area (Å²) in [5.41, 5.74) is 4.44. The number of hydrogen-bond acceptors (Lipinski definition) is 6. The number of ether oxygens (including phenoxy) is 2. The molecule has 0 radical (unpaired) electrons. The lowest BCUT2D eigenvalue weighted by Gasteiger charge is -2.13. The number of methoxy groups -OCH3 is 2. The van der Waals surface area contributed by atoms with Crippen LogP contribution in [0.4, 0.5) is 11.4 Å². The van der Waals surface area contributed by atoms with Crippen LogP contribution in [0.5, 0.6) is 11.5 Å². The van der Waals surface area contributed by atoms with Gasteiger partial charge in [-0.1, -0.05) is 72.8 Å². The molecule has 3 amide bonds. The first-order valence-corrected chi connectivity index (χ1v) is 15.7. The molecular formula is C38H33N3O5S. The fourth-order valence-electron chi connectivity index (χ4n) is 4.59. The number of carbonyl (C=O) groups excluding carboxylic acids is 3. The smallest absolute Gasteiger partial charge is 0.272 e. The van der Waals surface area contributed by atoms with Crippen LogP contribution in [0.1, 0.15) is 15.9 Å². The van der Waals surface area contributed by atoms with E-state index in [9.17, 15) is 14.4 Å². The zero-order valence-electron chi connectivity index (χ0n) is 25.9. The Hall–Kier alpha value is -5.80. The van der Waals surface area contributed by atoms with E-state index in [1.54, 1.807) is 67.8 Å². The van der Waals surface area contributed by atoms with Crippen LogP contribution in [0.15, 0.2) is 138 Å². The van der Waals surface area contributed by atoms with Crippen molar-refractivity contribution in [1.29, 1.82) is 0 Å². The zero-order valence-corrected chi connectivity index (χ0v) is 26.7. The Labute approximate surface area is 277 Å². The third kappa shape index (κ3) is 9.12. The molecule has 0 heterocycles. The number of amides is 3. The van der Waals surface area contributed by atoms with Gasteiger partial charge >= 0.3 is 0 Å². The van der Waals surface area contributed by atoms with Crippen molar-refractivity contribution in [1.82, 2.24) is 5.32 Å². The topological polar surface area (TPSA) is 106 Å². The maximum Gasteiger partial charge on any atom is 0.272 e. The van der Waals surface area contributed by atoms with Crippen LogP contribution in [0.2, 0.25) is 0 Å². The third-order valence-corrected chi connectivity index (χ3v) is 8.03. The second kappa shape index (κ2) is 16.0. The Bertz CT molecular complexity index is 1860. The molecule has 5 aromatic rings. The summed E-state index contributed by atoms with van der Waals surface area (Å²) >= 11 is 1.35. The lowest BCUT2D eigenvalue weighted by Crippen LogP contribution is -2.30. The molecule has 0 aliphatic rings. The normalized spacial score (nSPS) is 10.9. The summed E-state index contributed by atoms with van der Waals surface area (Å²) in [6.45, 7) is 0. The predicted molar refractivity (Wildman–Crippen MR) is 188 cm³/mol. The van der Waals surface area contributed by atoms with Crippen molar-refractivity contribution < 1.29 is 23.9 Å². The van der Waals surface area contributed by atoms with Crippen LogP contribution in [0.25, 0.3) is 17.2 Å². The van der Waals surface area contributed by atoms with E-state index in [2.05, 4.69) is 16.0 Å². The maximum absolute atomic E-state index is 13.5. The van der Waals surface area contributed by atoms with Gasteiger partial charge in [0, 0.05) is 22.2 Å². The molecule has 0 atom stereocenters. The van der Waals surface area contributed by atoms with E-state index in [1.165, 1.54) is 18.9 Å². The number of benzene rings is 5. The summed E-state index contributed by atoms with van der Waals surface area (Å²) in [6.07, 6.45) is 1.64. The Morgan fingerprint density at radius 1 is 0.702 bits per heavy atom. The summed E-state index contributed by atoms with van der Waals surface area (Å²) in [5, 5.41) is 8.49. The van der Waals surface area contributed by atoms with Crippen molar-refractivity contribution in [3.05, 3.63) is 144 Å². The fraction of sp³-hybridized carbons (Fsp3) is 0.0789. The Morgan fingerprint density at radius 3 is 2.02 bits per heavy atom. The van der Waals surface area contributed by atoms with Gasteiger partial charge in [0.25, 0.3) is 11.8 Å². The van der Waals surface area contributed by atoms with Gasteiger partial charge in [0.2, 0.25) is 5.91 Å². The minimum atomic E-state index is -0.478. The summed E-state index contributed by atoms with van der Waals surface area (Å²) in [7, 11) is 3.09. The average Bonchev–Trinajstić information content (AvgIpc) is 3.12. The number of thioether (sulfide) groups is 1. The molecule has 0 unspecified atom stereocenters. The van der Waals surface area contributed by atoms with E-state index in [1.807, 2.05) is 72.8 Å². The number of hydrogen-bond donors (Lipinski definition) is 3. The van der Waals surface area contributed by atoms with E-state index in [-0.39, 0.29) is 17.4 Å². The van der Waals surface area contributed by atoms with E-state index < -0.39 is 11.8 Å². The number of anilines is 2. The molecule has 0 bridgehead atoms. The minimum absolute atomic E-state index is 0.0920. The van der Waals surface area contributed by atoms with Crippen LogP contribution in [-0.4, -0.2) is 37.7 Å². The molecule has 5 rings (SSSR count). The molecule has 8 nitrogen and oxygen atoms in total. The first kappa shape index (κ1) is 32.6. The van der Waals surface area contributed by atoms with Gasteiger partial charge in [-0.15, -0.1) is 11.8 Å². The van der Waals surface area contributed by atoms with Crippen molar-refractivity contribution in [2.45, 2.75) is 4.90 Å². The van der Waals surface area contributed by atoms with E-state index >= 15 is 0 Å². The summed E-state index contributed by atoms with van der Waals surface area (Å²) in [5.74, 6) is 0.206. The second-order valence-electron chi connectivity index (χ2n) is 10.2. The van der Waals surface area contributed by atoms with Crippen LogP contribution in [-0.2, 0) is 9.59 Å². The van der Waals surface area contributed by atoms with Crippen LogP contribution < -0.4 is 25.4 Å². The van der Waals surface area contributed by atoms with Crippen LogP contribution >= 0.6 is 11.8 Å². The first-order chi connectivity index (χ1) is 22.9. The molecule has 9 heteroatoms. The van der Waals surface area contributed by atoms with E-state index in [0.717, 1.165) is 21.6 Å². The van der Waals surface area contributed by atoms with Gasteiger partial charge < -0.3 is 25.4 Å². The lowest BCUT2D eigenvalue weighted by molar-refractivity contribution is -0.114. The number of carbonyl (C=O) groups is 3. The average molecular weight is 644 g/mol. The van der Waals surface area contributed by atoms with Crippen molar-refractivity contribution in [3.63, 3.8) is 0 Å². The summed E-state index contributed by atoms with van der Waals surface area (Å²) < 4.78 is 10.6. The molecule has 0 spiro atoms. The quantitative estimate of drug-likeness (QED) is 0.0960. The largest absolute Gasteiger partial charge is 0.497 e. The Kier molecular flexibility index (Phi) is 11.1. The number of rotatable bonds is 12. The van der Waals surface area contributed by atoms with Gasteiger partial charge in [0.1, 0.15) is 17.2 Å². The standard InChI is InChI=1S/C38H33N3O5S/c1-45-31-19-22-35(46-2)33(24-31)40-36(42)25-47-32-20-17-30(18-21-32)39-38(44)34(41-37(43)29-11-7-4-8-12-29)23-26-13-15-28(16-14-26)27-9-5-3-6-10-27/h3-24H,25H2,1-2H3,(H,39,44)(H,40,42)(H,41,43)/b34-23-. The molecule has 0 fully saturated rings. The predicted octanol–water partition coefficient (Wildman–Crippen LogP) is 7.51. The van der Waals surface area contributed by atoms with Crippen molar-refractivity contribution >= 4 is 46.9 Å². The third-order valence-electron chi connectivity index (χ3n) is 7.02. The second-order valence-corrected chi connectivity index (χ2v) is 11.3. The highest BCUT2D eigenvalue weighted by Gasteiger charge is 2.16. The monoisotopic (exact) mass is 643 g/mol. The van der Waals surface area contributed by atoms with Gasteiger partial charge in [0.15, 0.2) is 0 Å². The molecule has 47 heavy (non-hydrogen) atoms. The van der Waals surface area contributed by atoms with E-state index in [4.69, 9.17) is 9.47 Å². The minimum Gasteiger partial charge on any atom is -0.497 e. The molecule has 0 aliphatic heterocycles. The fourth-order valence-corrected chi connectivity index (χ4v) is 5.29. The van der Waals surface area contributed by atoms with Crippen molar-refractivity contribution in [2.75, 3.05) is 30.6 Å². The molecule has 0 aliphatic carbocycles. The molecule has 236 valence electrons. The van der Waals surface area contributed by atoms with Gasteiger partial charge in [-0.05, 0) is 71.3 Å². The molecule has 0 saturated carbocycles. The Balaban J connectivity index is 1.25. The molecule has 0 saturated heterocycles. The first-order valence-electron chi connectivity index (χ1n) is 14.7. The lowest BCUT2D eigenvalue weighted by atomic mass is 10.0. The number of nitrogens with one attached hydrogen (secondary N) is 3. The SMILES string of the molecule is COc1ccc(OC)c(NC(=O)CSc2ccc(NC(=O)/C(=C/c3ccc(-c4ccccc4)cc3)NC(=O)c3ccccc3)cc2)c1. The maximum atomic E-state index is 13.5. The highest BCUT2D eigenvalue weighted by atomic mass is 32.2. The van der Waals surface area contributed by atoms with Gasteiger partial charge in [0.05, 0.1) is 25.7 Å². The van der Waals surface area contributed by atoms with Crippen LogP contribution in [0.3, 0.4) is 0 Å². The van der Waals surface area contributed by atoms with Gasteiger partial charge in [-0.2, -0.15) is 0 Å². The molecule has 5 aromatic carbocycles. The molecule has 3 N–H and O–H groups in total.